The summed E-state index contributed by atoms with van der Waals surface area (Å²) >= 11 is 0. The minimum Gasteiger partial charge on any atom is -0.455 e. The number of amides is 1. The number of piperazine rings is 1. The van der Waals surface area contributed by atoms with Crippen molar-refractivity contribution in [3.63, 3.8) is 0 Å². The Bertz CT molecular complexity index is 707. The van der Waals surface area contributed by atoms with Gasteiger partial charge in [-0.05, 0) is 31.9 Å². The quantitative estimate of drug-likeness (QED) is 0.845. The Labute approximate surface area is 167 Å². The minimum atomic E-state index is 0.232. The van der Waals surface area contributed by atoms with Crippen LogP contribution in [0.5, 0.6) is 11.5 Å². The van der Waals surface area contributed by atoms with Gasteiger partial charge in [-0.2, -0.15) is 0 Å². The van der Waals surface area contributed by atoms with Crippen LogP contribution in [-0.4, -0.2) is 54.5 Å². The number of carbonyl (C=O) groups is 1. The third-order valence-corrected chi connectivity index (χ3v) is 6.15. The molecule has 1 aromatic carbocycles. The second kappa shape index (κ2) is 8.86. The Hall–Kier alpha value is -2.21. The van der Waals surface area contributed by atoms with Gasteiger partial charge < -0.3 is 19.7 Å². The first-order valence-corrected chi connectivity index (χ1v) is 10.6. The SMILES string of the molecule is CC(CNC(=O)C1CCCCC1)N1CCN(C2=COc3ccccc3O2)CC1. The molecule has 1 aromatic rings. The molecule has 2 aliphatic heterocycles. The summed E-state index contributed by atoms with van der Waals surface area (Å²) in [5, 5.41) is 3.18. The molecule has 1 aliphatic carbocycles. The molecule has 0 radical (unpaired) electrons. The molecule has 1 unspecified atom stereocenters. The molecular weight excluding hydrogens is 354 g/mol. The molecule has 0 spiro atoms. The number of nitrogens with one attached hydrogen (secondary N) is 1. The van der Waals surface area contributed by atoms with E-state index in [1.54, 1.807) is 6.26 Å². The van der Waals surface area contributed by atoms with Crippen LogP contribution >= 0.6 is 0 Å². The van der Waals surface area contributed by atoms with Crippen molar-refractivity contribution in [2.75, 3.05) is 32.7 Å². The van der Waals surface area contributed by atoms with Gasteiger partial charge in [-0.15, -0.1) is 0 Å². The Balaban J connectivity index is 1.22. The Morgan fingerprint density at radius 2 is 1.82 bits per heavy atom. The van der Waals surface area contributed by atoms with Crippen molar-refractivity contribution in [1.82, 2.24) is 15.1 Å². The lowest BCUT2D eigenvalue weighted by Crippen LogP contribution is -2.52. The van der Waals surface area contributed by atoms with E-state index in [1.807, 2.05) is 24.3 Å². The summed E-state index contributed by atoms with van der Waals surface area (Å²) in [6.45, 7) is 6.60. The predicted molar refractivity (Wildman–Crippen MR) is 108 cm³/mol. The summed E-state index contributed by atoms with van der Waals surface area (Å²) in [7, 11) is 0. The van der Waals surface area contributed by atoms with E-state index in [-0.39, 0.29) is 11.8 Å². The number of carbonyl (C=O) groups excluding carboxylic acids is 1. The fourth-order valence-electron chi connectivity index (χ4n) is 4.29. The number of para-hydroxylation sites is 2. The normalized spacial score (nSPS) is 21.8. The van der Waals surface area contributed by atoms with Gasteiger partial charge in [0.1, 0.15) is 0 Å². The van der Waals surface area contributed by atoms with E-state index in [4.69, 9.17) is 9.47 Å². The molecule has 0 aromatic heterocycles. The molecule has 2 fully saturated rings. The van der Waals surface area contributed by atoms with E-state index < -0.39 is 0 Å². The first-order chi connectivity index (χ1) is 13.7. The van der Waals surface area contributed by atoms with E-state index in [9.17, 15) is 4.79 Å². The van der Waals surface area contributed by atoms with Gasteiger partial charge in [0.15, 0.2) is 17.8 Å². The number of ether oxygens (including phenoxy) is 2. The molecule has 1 saturated heterocycles. The maximum atomic E-state index is 12.4. The number of hydrogen-bond donors (Lipinski definition) is 1. The van der Waals surface area contributed by atoms with Crippen molar-refractivity contribution in [3.05, 3.63) is 36.4 Å². The second-order valence-corrected chi connectivity index (χ2v) is 8.07. The Morgan fingerprint density at radius 3 is 2.57 bits per heavy atom. The maximum absolute atomic E-state index is 12.4. The topological polar surface area (TPSA) is 54.0 Å². The third kappa shape index (κ3) is 4.43. The van der Waals surface area contributed by atoms with Crippen molar-refractivity contribution in [1.29, 1.82) is 0 Å². The summed E-state index contributed by atoms with van der Waals surface area (Å²) in [5.74, 6) is 2.78. The zero-order valence-corrected chi connectivity index (χ0v) is 16.7. The number of rotatable bonds is 5. The number of nitrogens with zero attached hydrogens (tertiary/aromatic N) is 2. The standard InChI is InChI=1S/C22H31N3O3/c1-17(15-23-22(26)18-7-3-2-4-8-18)24-11-13-25(14-12-24)21-16-27-19-9-5-6-10-20(19)28-21/h5-6,9-10,16-18H,2-4,7-8,11-15H2,1H3,(H,23,26). The summed E-state index contributed by atoms with van der Waals surface area (Å²) in [4.78, 5) is 17.0. The fourth-order valence-corrected chi connectivity index (χ4v) is 4.29. The molecule has 2 heterocycles. The van der Waals surface area contributed by atoms with Crippen LogP contribution in [0.1, 0.15) is 39.0 Å². The highest BCUT2D eigenvalue weighted by Crippen LogP contribution is 2.33. The van der Waals surface area contributed by atoms with Gasteiger partial charge in [0, 0.05) is 44.7 Å². The Kier molecular flexibility index (Phi) is 6.05. The van der Waals surface area contributed by atoms with Crippen LogP contribution < -0.4 is 14.8 Å². The summed E-state index contributed by atoms with van der Waals surface area (Å²) in [6, 6.07) is 8.06. The second-order valence-electron chi connectivity index (χ2n) is 8.07. The minimum absolute atomic E-state index is 0.232. The monoisotopic (exact) mass is 385 g/mol. The van der Waals surface area contributed by atoms with Crippen molar-refractivity contribution >= 4 is 5.91 Å². The average molecular weight is 386 g/mol. The van der Waals surface area contributed by atoms with Gasteiger partial charge >= 0.3 is 0 Å². The van der Waals surface area contributed by atoms with Crippen LogP contribution in [0.3, 0.4) is 0 Å². The van der Waals surface area contributed by atoms with E-state index in [2.05, 4.69) is 22.0 Å². The van der Waals surface area contributed by atoms with Gasteiger partial charge in [0.05, 0.1) is 0 Å². The smallest absolute Gasteiger partial charge is 0.231 e. The van der Waals surface area contributed by atoms with Gasteiger partial charge in [-0.3, -0.25) is 9.69 Å². The highest BCUT2D eigenvalue weighted by atomic mass is 16.6. The van der Waals surface area contributed by atoms with Crippen molar-refractivity contribution in [2.24, 2.45) is 5.92 Å². The zero-order valence-electron chi connectivity index (χ0n) is 16.7. The fraction of sp³-hybridized carbons (Fsp3) is 0.591. The third-order valence-electron chi connectivity index (χ3n) is 6.15. The Morgan fingerprint density at radius 1 is 1.11 bits per heavy atom. The molecule has 152 valence electrons. The van der Waals surface area contributed by atoms with Crippen LogP contribution in [0.25, 0.3) is 0 Å². The lowest BCUT2D eigenvalue weighted by Gasteiger charge is -2.39. The van der Waals surface area contributed by atoms with Crippen LogP contribution in [-0.2, 0) is 4.79 Å². The molecule has 3 aliphatic rings. The van der Waals surface area contributed by atoms with Crippen LogP contribution in [0.2, 0.25) is 0 Å². The highest BCUT2D eigenvalue weighted by molar-refractivity contribution is 5.78. The zero-order chi connectivity index (χ0) is 19.3. The van der Waals surface area contributed by atoms with E-state index in [0.29, 0.717) is 6.04 Å². The van der Waals surface area contributed by atoms with Crippen molar-refractivity contribution in [3.8, 4) is 11.5 Å². The van der Waals surface area contributed by atoms with Crippen LogP contribution in [0, 0.1) is 5.92 Å². The van der Waals surface area contributed by atoms with Gasteiger partial charge in [-0.25, -0.2) is 0 Å². The summed E-state index contributed by atoms with van der Waals surface area (Å²) in [6.07, 6.45) is 7.48. The number of benzene rings is 1. The molecule has 0 bridgehead atoms. The average Bonchev–Trinajstić information content (AvgIpc) is 2.77. The summed E-state index contributed by atoms with van der Waals surface area (Å²) < 4.78 is 11.7. The van der Waals surface area contributed by atoms with E-state index in [1.165, 1.54) is 19.3 Å². The molecule has 4 rings (SSSR count). The highest BCUT2D eigenvalue weighted by Gasteiger charge is 2.27. The lowest BCUT2D eigenvalue weighted by molar-refractivity contribution is -0.126. The summed E-state index contributed by atoms with van der Waals surface area (Å²) in [5.41, 5.74) is 0. The molecule has 6 heteroatoms. The lowest BCUT2D eigenvalue weighted by atomic mass is 9.88. The molecule has 6 nitrogen and oxygen atoms in total. The van der Waals surface area contributed by atoms with Crippen LogP contribution in [0.4, 0.5) is 0 Å². The van der Waals surface area contributed by atoms with E-state index >= 15 is 0 Å². The van der Waals surface area contributed by atoms with Gasteiger partial charge in [0.25, 0.3) is 0 Å². The first-order valence-electron chi connectivity index (χ1n) is 10.6. The molecule has 28 heavy (non-hydrogen) atoms. The molecule has 1 saturated carbocycles. The van der Waals surface area contributed by atoms with E-state index in [0.717, 1.165) is 62.9 Å². The molecular formula is C22H31N3O3. The molecule has 1 N–H and O–H groups in total. The van der Waals surface area contributed by atoms with Crippen molar-refractivity contribution < 1.29 is 14.3 Å². The van der Waals surface area contributed by atoms with Gasteiger partial charge in [0.2, 0.25) is 11.8 Å². The van der Waals surface area contributed by atoms with Crippen LogP contribution in [0.15, 0.2) is 36.4 Å². The first kappa shape index (κ1) is 19.1. The number of hydrogen-bond acceptors (Lipinski definition) is 5. The predicted octanol–water partition coefficient (Wildman–Crippen LogP) is 2.96. The number of fused-ring (bicyclic) bond motifs is 1. The maximum Gasteiger partial charge on any atom is 0.231 e. The molecule has 1 atom stereocenters. The largest absolute Gasteiger partial charge is 0.455 e. The van der Waals surface area contributed by atoms with Gasteiger partial charge in [-0.1, -0.05) is 31.4 Å². The molecule has 1 amide bonds. The van der Waals surface area contributed by atoms with Crippen molar-refractivity contribution in [2.45, 2.75) is 45.1 Å².